The number of methoxy groups -OCH3 is 1. The summed E-state index contributed by atoms with van der Waals surface area (Å²) in [6.45, 7) is 2.08. The molecule has 0 radical (unpaired) electrons. The van der Waals surface area contributed by atoms with Gasteiger partial charge in [-0.2, -0.15) is 0 Å². The summed E-state index contributed by atoms with van der Waals surface area (Å²) in [4.78, 5) is 4.85. The highest BCUT2D eigenvalue weighted by atomic mass is 16.5. The number of rotatable bonds is 3. The predicted octanol–water partition coefficient (Wildman–Crippen LogP) is 5.56. The molecule has 26 heavy (non-hydrogen) atoms. The van der Waals surface area contributed by atoms with Gasteiger partial charge in [-0.15, -0.1) is 0 Å². The summed E-state index contributed by atoms with van der Waals surface area (Å²) in [5.41, 5.74) is 4.94. The maximum Gasteiger partial charge on any atom is 0.153 e. The molecule has 3 aromatic rings. The summed E-state index contributed by atoms with van der Waals surface area (Å²) in [5, 5.41) is 0. The second kappa shape index (κ2) is 6.89. The fraction of sp³-hybridized carbons (Fsp3) is 0.0870. The van der Waals surface area contributed by atoms with Crippen molar-refractivity contribution in [2.24, 2.45) is 4.99 Å². The minimum Gasteiger partial charge on any atom is -0.497 e. The Labute approximate surface area is 153 Å². The molecule has 3 aromatic carbocycles. The Morgan fingerprint density at radius 3 is 2.42 bits per heavy atom. The van der Waals surface area contributed by atoms with Crippen LogP contribution in [0.15, 0.2) is 83.9 Å². The van der Waals surface area contributed by atoms with Gasteiger partial charge in [0.05, 0.1) is 12.8 Å². The number of allylic oxidation sites excluding steroid dienone is 1. The molecular weight excluding hydrogens is 322 g/mol. The first-order valence-electron chi connectivity index (χ1n) is 8.52. The molecule has 1 heterocycles. The largest absolute Gasteiger partial charge is 0.497 e. The second-order valence-corrected chi connectivity index (χ2v) is 6.17. The third-order valence-corrected chi connectivity index (χ3v) is 4.28. The van der Waals surface area contributed by atoms with Crippen LogP contribution in [0, 0.1) is 6.92 Å². The molecule has 3 heteroatoms. The molecule has 3 nitrogen and oxygen atoms in total. The van der Waals surface area contributed by atoms with Crippen LogP contribution in [0.25, 0.3) is 5.76 Å². The Kier molecular flexibility index (Phi) is 4.28. The van der Waals surface area contributed by atoms with Crippen molar-refractivity contribution in [2.75, 3.05) is 7.11 Å². The minimum absolute atomic E-state index is 0.747. The monoisotopic (exact) mass is 341 g/mol. The van der Waals surface area contributed by atoms with Crippen molar-refractivity contribution in [1.82, 2.24) is 0 Å². The first-order chi connectivity index (χ1) is 12.7. The topological polar surface area (TPSA) is 30.8 Å². The highest BCUT2D eigenvalue weighted by Crippen LogP contribution is 2.35. The van der Waals surface area contributed by atoms with E-state index in [9.17, 15) is 0 Å². The summed E-state index contributed by atoms with van der Waals surface area (Å²) in [7, 11) is 1.66. The van der Waals surface area contributed by atoms with Crippen LogP contribution in [0.4, 0.5) is 5.69 Å². The van der Waals surface area contributed by atoms with Crippen molar-refractivity contribution in [2.45, 2.75) is 6.92 Å². The zero-order valence-corrected chi connectivity index (χ0v) is 14.8. The number of nitrogens with zero attached hydrogens (tertiary/aromatic N) is 1. The van der Waals surface area contributed by atoms with Crippen LogP contribution in [0.3, 0.4) is 0 Å². The van der Waals surface area contributed by atoms with Gasteiger partial charge in [0, 0.05) is 17.2 Å². The maximum absolute atomic E-state index is 6.20. The Bertz CT molecular complexity index is 1000. The fourth-order valence-corrected chi connectivity index (χ4v) is 2.92. The molecule has 0 aromatic heterocycles. The Morgan fingerprint density at radius 1 is 0.846 bits per heavy atom. The molecule has 4 rings (SSSR count). The number of ether oxygens (including phenoxy) is 2. The predicted molar refractivity (Wildman–Crippen MR) is 105 cm³/mol. The molecule has 0 saturated carbocycles. The SMILES string of the molecule is COc1ccc(C2=CC(c3cccc(C)c3)=Nc3ccccc3O2)cc1. The van der Waals surface area contributed by atoms with E-state index in [2.05, 4.69) is 25.1 Å². The van der Waals surface area contributed by atoms with Gasteiger partial charge in [-0.1, -0.05) is 35.9 Å². The number of aryl methyl sites for hydroxylation is 1. The molecule has 0 bridgehead atoms. The van der Waals surface area contributed by atoms with E-state index in [0.717, 1.165) is 39.8 Å². The van der Waals surface area contributed by atoms with E-state index < -0.39 is 0 Å². The van der Waals surface area contributed by atoms with E-state index in [1.165, 1.54) is 5.56 Å². The number of para-hydroxylation sites is 2. The zero-order chi connectivity index (χ0) is 17.9. The lowest BCUT2D eigenvalue weighted by Gasteiger charge is -2.10. The highest BCUT2D eigenvalue weighted by Gasteiger charge is 2.15. The lowest BCUT2D eigenvalue weighted by atomic mass is 10.0. The first-order valence-corrected chi connectivity index (χ1v) is 8.52. The molecule has 0 amide bonds. The highest BCUT2D eigenvalue weighted by molar-refractivity contribution is 6.13. The summed E-state index contributed by atoms with van der Waals surface area (Å²) in [5.74, 6) is 2.33. The number of hydrogen-bond donors (Lipinski definition) is 0. The van der Waals surface area contributed by atoms with E-state index >= 15 is 0 Å². The maximum atomic E-state index is 6.20. The third kappa shape index (κ3) is 3.24. The number of fused-ring (bicyclic) bond motifs is 1. The first kappa shape index (κ1) is 16.2. The van der Waals surface area contributed by atoms with Gasteiger partial charge in [0.15, 0.2) is 5.75 Å². The normalized spacial score (nSPS) is 13.0. The Morgan fingerprint density at radius 2 is 1.65 bits per heavy atom. The molecule has 0 N–H and O–H groups in total. The van der Waals surface area contributed by atoms with Crippen molar-refractivity contribution in [3.63, 3.8) is 0 Å². The van der Waals surface area contributed by atoms with Gasteiger partial charge in [-0.05, 0) is 49.4 Å². The van der Waals surface area contributed by atoms with E-state index in [0.29, 0.717) is 0 Å². The van der Waals surface area contributed by atoms with E-state index in [4.69, 9.17) is 14.5 Å². The molecule has 0 aliphatic carbocycles. The molecule has 1 aliphatic heterocycles. The van der Waals surface area contributed by atoms with Crippen LogP contribution < -0.4 is 9.47 Å². The fourth-order valence-electron chi connectivity index (χ4n) is 2.92. The smallest absolute Gasteiger partial charge is 0.153 e. The number of hydrogen-bond acceptors (Lipinski definition) is 3. The van der Waals surface area contributed by atoms with Gasteiger partial charge in [0.1, 0.15) is 17.2 Å². The van der Waals surface area contributed by atoms with Crippen LogP contribution in [0.2, 0.25) is 0 Å². The van der Waals surface area contributed by atoms with Gasteiger partial charge in [0.2, 0.25) is 0 Å². The van der Waals surface area contributed by atoms with E-state index in [-0.39, 0.29) is 0 Å². The van der Waals surface area contributed by atoms with E-state index in [1.807, 2.05) is 60.7 Å². The van der Waals surface area contributed by atoms with Crippen LogP contribution in [-0.2, 0) is 0 Å². The van der Waals surface area contributed by atoms with Crippen LogP contribution in [0.5, 0.6) is 11.5 Å². The standard InChI is InChI=1S/C23H19NO2/c1-16-6-5-7-18(14-16)21-15-23(17-10-12-19(25-2)13-11-17)26-22-9-4-3-8-20(22)24-21/h3-15H,1-2H3. The summed E-state index contributed by atoms with van der Waals surface area (Å²) >= 11 is 0. The van der Waals surface area contributed by atoms with Gasteiger partial charge in [-0.3, -0.25) is 0 Å². The quantitative estimate of drug-likeness (QED) is 0.624. The summed E-state index contributed by atoms with van der Waals surface area (Å²) in [6.07, 6.45) is 2.00. The number of benzene rings is 3. The van der Waals surface area contributed by atoms with Gasteiger partial charge >= 0.3 is 0 Å². The Balaban J connectivity index is 1.85. The van der Waals surface area contributed by atoms with Crippen molar-refractivity contribution < 1.29 is 9.47 Å². The zero-order valence-electron chi connectivity index (χ0n) is 14.8. The Hall–Kier alpha value is -3.33. The van der Waals surface area contributed by atoms with Crippen molar-refractivity contribution >= 4 is 17.2 Å². The van der Waals surface area contributed by atoms with Crippen LogP contribution in [-0.4, -0.2) is 12.8 Å². The lowest BCUT2D eigenvalue weighted by molar-refractivity contribution is 0.414. The van der Waals surface area contributed by atoms with Gasteiger partial charge < -0.3 is 9.47 Å². The van der Waals surface area contributed by atoms with E-state index in [1.54, 1.807) is 7.11 Å². The average molecular weight is 341 g/mol. The van der Waals surface area contributed by atoms with Gasteiger partial charge in [-0.25, -0.2) is 4.99 Å². The van der Waals surface area contributed by atoms with Crippen LogP contribution in [0.1, 0.15) is 16.7 Å². The molecule has 1 aliphatic rings. The molecule has 0 fully saturated rings. The molecule has 128 valence electrons. The molecule has 0 atom stereocenters. The molecular formula is C23H19NO2. The molecule has 0 unspecified atom stereocenters. The van der Waals surface area contributed by atoms with Gasteiger partial charge in [0.25, 0.3) is 0 Å². The van der Waals surface area contributed by atoms with Crippen LogP contribution >= 0.6 is 0 Å². The average Bonchev–Trinajstić information content (AvgIpc) is 2.88. The van der Waals surface area contributed by atoms with Crippen molar-refractivity contribution in [1.29, 1.82) is 0 Å². The summed E-state index contributed by atoms with van der Waals surface area (Å²) < 4.78 is 11.5. The number of aliphatic imine (C=N–C) groups is 1. The lowest BCUT2D eigenvalue weighted by Crippen LogP contribution is -2.00. The van der Waals surface area contributed by atoms with Crippen molar-refractivity contribution in [3.8, 4) is 11.5 Å². The minimum atomic E-state index is 0.747. The molecule has 0 saturated heterocycles. The third-order valence-electron chi connectivity index (χ3n) is 4.28. The summed E-state index contributed by atoms with van der Waals surface area (Å²) in [6, 6.07) is 24.0. The van der Waals surface area contributed by atoms with Crippen molar-refractivity contribution in [3.05, 3.63) is 95.6 Å². The molecule has 0 spiro atoms. The second-order valence-electron chi connectivity index (χ2n) is 6.17.